The second-order valence-electron chi connectivity index (χ2n) is 4.47. The van der Waals surface area contributed by atoms with Gasteiger partial charge in [-0.05, 0) is 36.4 Å². The third-order valence-electron chi connectivity index (χ3n) is 3.11. The average Bonchev–Trinajstić information content (AvgIpc) is 3.17. The predicted molar refractivity (Wildman–Crippen MR) is 85.7 cm³/mol. The van der Waals surface area contributed by atoms with Crippen molar-refractivity contribution in [1.29, 1.82) is 5.26 Å². The zero-order chi connectivity index (χ0) is 15.5. The number of nitriles is 1. The van der Waals surface area contributed by atoms with Crippen molar-refractivity contribution in [2.75, 3.05) is 12.3 Å². The summed E-state index contributed by atoms with van der Waals surface area (Å²) < 4.78 is 5.63. The van der Waals surface area contributed by atoms with Gasteiger partial charge < -0.3 is 4.42 Å². The molecule has 1 aliphatic rings. The molecule has 0 N–H and O–H groups in total. The van der Waals surface area contributed by atoms with Crippen molar-refractivity contribution in [3.8, 4) is 17.5 Å². The van der Waals surface area contributed by atoms with Crippen LogP contribution in [0.3, 0.4) is 0 Å². The lowest BCUT2D eigenvalue weighted by molar-refractivity contribution is 0.0830. The Bertz CT molecular complexity index is 777. The van der Waals surface area contributed by atoms with Crippen LogP contribution < -0.4 is 0 Å². The maximum absolute atomic E-state index is 12.4. The maximum Gasteiger partial charge on any atom is 0.295 e. The normalized spacial score (nSPS) is 16.0. The van der Waals surface area contributed by atoms with Crippen molar-refractivity contribution in [3.05, 3.63) is 47.2 Å². The SMILES string of the molecule is N#CN=C1SCCN1C(=O)c1ccc(-c2ccc(Cl)cc2)o1. The van der Waals surface area contributed by atoms with Gasteiger partial charge in [-0.1, -0.05) is 23.4 Å². The van der Waals surface area contributed by atoms with Crippen LogP contribution in [0.15, 0.2) is 45.8 Å². The van der Waals surface area contributed by atoms with E-state index in [0.29, 0.717) is 22.5 Å². The molecule has 1 aliphatic heterocycles. The number of carbonyl (C=O) groups excluding carboxylic acids is 1. The van der Waals surface area contributed by atoms with Gasteiger partial charge in [-0.15, -0.1) is 4.99 Å². The molecule has 2 aromatic rings. The molecule has 22 heavy (non-hydrogen) atoms. The minimum Gasteiger partial charge on any atom is -0.451 e. The fourth-order valence-corrected chi connectivity index (χ4v) is 3.10. The van der Waals surface area contributed by atoms with Crippen LogP contribution in [0, 0.1) is 11.5 Å². The third-order valence-corrected chi connectivity index (χ3v) is 4.32. The van der Waals surface area contributed by atoms with Crippen LogP contribution in [0.1, 0.15) is 10.6 Å². The lowest BCUT2D eigenvalue weighted by atomic mass is 10.2. The summed E-state index contributed by atoms with van der Waals surface area (Å²) >= 11 is 7.23. The number of hydrogen-bond acceptors (Lipinski definition) is 5. The minimum atomic E-state index is -0.292. The summed E-state index contributed by atoms with van der Waals surface area (Å²) in [5, 5.41) is 9.70. The molecule has 2 heterocycles. The monoisotopic (exact) mass is 331 g/mol. The number of amidine groups is 1. The van der Waals surface area contributed by atoms with Crippen LogP contribution in [0.5, 0.6) is 0 Å². The van der Waals surface area contributed by atoms with Gasteiger partial charge in [-0.2, -0.15) is 5.26 Å². The van der Waals surface area contributed by atoms with Crippen molar-refractivity contribution in [2.45, 2.75) is 0 Å². The minimum absolute atomic E-state index is 0.220. The number of furan rings is 1. The Balaban J connectivity index is 1.84. The fraction of sp³-hybridized carbons (Fsp3) is 0.133. The third kappa shape index (κ3) is 2.86. The largest absolute Gasteiger partial charge is 0.451 e. The molecule has 1 saturated heterocycles. The molecular formula is C15H10ClN3O2S. The predicted octanol–water partition coefficient (Wildman–Crippen LogP) is 3.63. The van der Waals surface area contributed by atoms with E-state index in [9.17, 15) is 4.79 Å². The molecule has 0 spiro atoms. The summed E-state index contributed by atoms with van der Waals surface area (Å²) in [5.74, 6) is 1.24. The van der Waals surface area contributed by atoms with Gasteiger partial charge in [-0.3, -0.25) is 9.69 Å². The van der Waals surface area contributed by atoms with Crippen molar-refractivity contribution in [1.82, 2.24) is 4.90 Å². The molecule has 110 valence electrons. The number of halogens is 1. The first-order valence-corrected chi connectivity index (χ1v) is 7.82. The number of hydrogen-bond donors (Lipinski definition) is 0. The first kappa shape index (κ1) is 14.7. The Morgan fingerprint density at radius 1 is 1.32 bits per heavy atom. The zero-order valence-corrected chi connectivity index (χ0v) is 12.9. The highest BCUT2D eigenvalue weighted by Gasteiger charge is 2.28. The van der Waals surface area contributed by atoms with Gasteiger partial charge in [0.1, 0.15) is 5.76 Å². The van der Waals surface area contributed by atoms with Crippen molar-refractivity contribution < 1.29 is 9.21 Å². The van der Waals surface area contributed by atoms with Gasteiger partial charge in [0.2, 0.25) is 6.19 Å². The summed E-state index contributed by atoms with van der Waals surface area (Å²) in [4.78, 5) is 17.6. The molecule has 7 heteroatoms. The summed E-state index contributed by atoms with van der Waals surface area (Å²) in [6, 6.07) is 10.5. The summed E-state index contributed by atoms with van der Waals surface area (Å²) in [6.45, 7) is 0.515. The lowest BCUT2D eigenvalue weighted by Gasteiger charge is -2.12. The smallest absolute Gasteiger partial charge is 0.295 e. The van der Waals surface area contributed by atoms with E-state index in [1.807, 2.05) is 12.1 Å². The van der Waals surface area contributed by atoms with Gasteiger partial charge in [0.15, 0.2) is 10.9 Å². The molecule has 1 fully saturated rings. The zero-order valence-electron chi connectivity index (χ0n) is 11.3. The number of benzene rings is 1. The second kappa shape index (κ2) is 6.26. The first-order chi connectivity index (χ1) is 10.7. The van der Waals surface area contributed by atoms with Gasteiger partial charge >= 0.3 is 0 Å². The average molecular weight is 332 g/mol. The van der Waals surface area contributed by atoms with Crippen LogP contribution in [-0.4, -0.2) is 28.3 Å². The van der Waals surface area contributed by atoms with Crippen molar-refractivity contribution >= 4 is 34.4 Å². The molecule has 3 rings (SSSR count). The highest BCUT2D eigenvalue weighted by molar-refractivity contribution is 8.14. The molecule has 1 amide bonds. The van der Waals surface area contributed by atoms with E-state index in [4.69, 9.17) is 21.3 Å². The molecule has 1 aromatic carbocycles. The van der Waals surface area contributed by atoms with Crippen LogP contribution >= 0.6 is 23.4 Å². The number of rotatable bonds is 2. The summed E-state index contributed by atoms with van der Waals surface area (Å²) in [5.41, 5.74) is 0.838. The van der Waals surface area contributed by atoms with E-state index in [-0.39, 0.29) is 11.7 Å². The number of amides is 1. The van der Waals surface area contributed by atoms with Gasteiger partial charge in [-0.25, -0.2) is 0 Å². The molecule has 0 aliphatic carbocycles. The van der Waals surface area contributed by atoms with Crippen LogP contribution in [0.25, 0.3) is 11.3 Å². The first-order valence-electron chi connectivity index (χ1n) is 6.46. The lowest BCUT2D eigenvalue weighted by Crippen LogP contribution is -2.31. The number of carbonyl (C=O) groups is 1. The number of aliphatic imine (C=N–C) groups is 1. The van der Waals surface area contributed by atoms with Gasteiger partial charge in [0.25, 0.3) is 5.91 Å². The Kier molecular flexibility index (Phi) is 4.18. The quantitative estimate of drug-likeness (QED) is 0.788. The van der Waals surface area contributed by atoms with Gasteiger partial charge in [0, 0.05) is 22.9 Å². The fourth-order valence-electron chi connectivity index (χ4n) is 2.08. The Labute approximate surface area is 136 Å². The van der Waals surface area contributed by atoms with E-state index in [2.05, 4.69) is 4.99 Å². The van der Waals surface area contributed by atoms with Crippen molar-refractivity contribution in [2.24, 2.45) is 4.99 Å². The van der Waals surface area contributed by atoms with Crippen LogP contribution in [0.4, 0.5) is 0 Å². The van der Waals surface area contributed by atoms with Gasteiger partial charge in [0.05, 0.1) is 0 Å². The second-order valence-corrected chi connectivity index (χ2v) is 5.97. The molecule has 5 nitrogen and oxygen atoms in total. The Morgan fingerprint density at radius 2 is 2.09 bits per heavy atom. The number of thioether (sulfide) groups is 1. The van der Waals surface area contributed by atoms with E-state index < -0.39 is 0 Å². The van der Waals surface area contributed by atoms with E-state index in [1.165, 1.54) is 16.7 Å². The Morgan fingerprint density at radius 3 is 2.82 bits per heavy atom. The topological polar surface area (TPSA) is 69.6 Å². The number of nitrogens with zero attached hydrogens (tertiary/aromatic N) is 3. The summed E-state index contributed by atoms with van der Waals surface area (Å²) in [7, 11) is 0. The maximum atomic E-state index is 12.4. The molecular weight excluding hydrogens is 322 g/mol. The van der Waals surface area contributed by atoms with Crippen molar-refractivity contribution in [3.63, 3.8) is 0 Å². The molecule has 0 radical (unpaired) electrons. The van der Waals surface area contributed by atoms with E-state index in [1.54, 1.807) is 30.5 Å². The molecule has 0 saturated carbocycles. The van der Waals surface area contributed by atoms with Crippen LogP contribution in [-0.2, 0) is 0 Å². The molecule has 0 atom stereocenters. The van der Waals surface area contributed by atoms with E-state index >= 15 is 0 Å². The molecule has 1 aromatic heterocycles. The standard InChI is InChI=1S/C15H10ClN3O2S/c16-11-3-1-10(2-4-11)12-5-6-13(21-12)14(20)19-7-8-22-15(19)18-9-17/h1-6H,7-8H2. The highest BCUT2D eigenvalue weighted by atomic mass is 35.5. The Hall–Kier alpha value is -2.23. The van der Waals surface area contributed by atoms with E-state index in [0.717, 1.165) is 11.3 Å². The van der Waals surface area contributed by atoms with Crippen LogP contribution in [0.2, 0.25) is 5.02 Å². The summed E-state index contributed by atoms with van der Waals surface area (Å²) in [6.07, 6.45) is 1.71. The molecule has 0 bridgehead atoms. The molecule has 0 unspecified atom stereocenters. The highest BCUT2D eigenvalue weighted by Crippen LogP contribution is 2.26.